The van der Waals surface area contributed by atoms with E-state index >= 15 is 0 Å². The van der Waals surface area contributed by atoms with Crippen molar-refractivity contribution in [2.24, 2.45) is 11.7 Å². The summed E-state index contributed by atoms with van der Waals surface area (Å²) in [5, 5.41) is 9.63. The quantitative estimate of drug-likeness (QED) is 0.715. The minimum atomic E-state index is -0.326. The van der Waals surface area contributed by atoms with E-state index in [1.807, 2.05) is 0 Å². The number of nitrogens with zero attached hydrogens (tertiary/aromatic N) is 2. The Labute approximate surface area is 185 Å². The topological polar surface area (TPSA) is 69.8 Å². The molecule has 31 heavy (non-hydrogen) atoms. The van der Waals surface area contributed by atoms with Gasteiger partial charge in [-0.15, -0.1) is 0 Å². The highest BCUT2D eigenvalue weighted by Gasteiger charge is 2.39. The zero-order chi connectivity index (χ0) is 22.0. The van der Waals surface area contributed by atoms with Crippen LogP contribution in [0.3, 0.4) is 0 Å². The van der Waals surface area contributed by atoms with E-state index in [2.05, 4.69) is 54.0 Å². The number of likely N-dealkylation sites (tertiary alicyclic amines) is 1. The summed E-state index contributed by atoms with van der Waals surface area (Å²) in [5.74, 6) is 1.28. The molecule has 0 unspecified atom stereocenters. The molecule has 3 N–H and O–H groups in total. The summed E-state index contributed by atoms with van der Waals surface area (Å²) in [4.78, 5) is 17.5. The summed E-state index contributed by atoms with van der Waals surface area (Å²) in [6.07, 6.45) is 9.04. The molecule has 1 saturated carbocycles. The van der Waals surface area contributed by atoms with Crippen molar-refractivity contribution >= 4 is 11.6 Å². The van der Waals surface area contributed by atoms with Gasteiger partial charge < -0.3 is 15.7 Å². The number of aliphatic hydroxyl groups is 1. The lowest BCUT2D eigenvalue weighted by Gasteiger charge is -2.45. The third-order valence-electron chi connectivity index (χ3n) is 6.90. The van der Waals surface area contributed by atoms with Crippen molar-refractivity contribution in [3.63, 3.8) is 0 Å². The number of aliphatic hydroxyl groups excluding tert-OH is 1. The number of nitrogens with two attached hydrogens (primary N) is 1. The molecule has 1 amide bonds. The van der Waals surface area contributed by atoms with Crippen molar-refractivity contribution < 1.29 is 9.90 Å². The van der Waals surface area contributed by atoms with Crippen LogP contribution >= 0.6 is 0 Å². The van der Waals surface area contributed by atoms with E-state index in [1.165, 1.54) is 17.0 Å². The largest absolute Gasteiger partial charge is 0.396 e. The van der Waals surface area contributed by atoms with Gasteiger partial charge in [0.2, 0.25) is 0 Å². The van der Waals surface area contributed by atoms with Crippen LogP contribution in [0.2, 0.25) is 0 Å². The number of fused-ring (bicyclic) bond motifs is 1. The number of allylic oxidation sites excluding steroid dienone is 3. The average molecular weight is 422 g/mol. The van der Waals surface area contributed by atoms with Gasteiger partial charge in [0.15, 0.2) is 0 Å². The van der Waals surface area contributed by atoms with Gasteiger partial charge in [0.25, 0.3) is 5.91 Å². The molecule has 1 aromatic rings. The highest BCUT2D eigenvalue weighted by atomic mass is 16.3. The zero-order valence-electron chi connectivity index (χ0n) is 18.9. The molecule has 0 spiro atoms. The number of piperidine rings is 1. The summed E-state index contributed by atoms with van der Waals surface area (Å²) >= 11 is 0. The average Bonchev–Trinajstić information content (AvgIpc) is 3.26. The molecule has 166 valence electrons. The van der Waals surface area contributed by atoms with E-state index in [4.69, 9.17) is 5.73 Å². The summed E-state index contributed by atoms with van der Waals surface area (Å²) in [7, 11) is 0. The van der Waals surface area contributed by atoms with Crippen LogP contribution in [0.25, 0.3) is 0 Å². The lowest BCUT2D eigenvalue weighted by molar-refractivity contribution is -0.114. The molecule has 2 heterocycles. The number of hydrogen-bond acceptors (Lipinski definition) is 4. The van der Waals surface area contributed by atoms with Crippen LogP contribution in [0.5, 0.6) is 0 Å². The first-order chi connectivity index (χ1) is 15.1. The number of aryl methyl sites for hydroxylation is 1. The van der Waals surface area contributed by atoms with Crippen LogP contribution in [-0.2, 0) is 4.79 Å². The number of unbranched alkanes of at least 4 members (excludes halogenated alkanes) is 1. The van der Waals surface area contributed by atoms with Crippen LogP contribution in [0.15, 0.2) is 58.6 Å². The minimum Gasteiger partial charge on any atom is -0.396 e. The monoisotopic (exact) mass is 421 g/mol. The van der Waals surface area contributed by atoms with E-state index in [0.717, 1.165) is 75.0 Å². The molecule has 1 saturated heterocycles. The molecular formula is C26H35N3O2. The number of benzene rings is 1. The van der Waals surface area contributed by atoms with Crippen molar-refractivity contribution in [1.82, 2.24) is 4.90 Å². The van der Waals surface area contributed by atoms with E-state index < -0.39 is 0 Å². The Kier molecular flexibility index (Phi) is 6.51. The van der Waals surface area contributed by atoms with E-state index in [9.17, 15) is 9.90 Å². The lowest BCUT2D eigenvalue weighted by atomic mass is 9.91. The van der Waals surface area contributed by atoms with Gasteiger partial charge in [-0.05, 0) is 74.1 Å². The molecular weight excluding hydrogens is 386 g/mol. The molecule has 0 aromatic heterocycles. The first-order valence-corrected chi connectivity index (χ1v) is 11.7. The third-order valence-corrected chi connectivity index (χ3v) is 6.90. The van der Waals surface area contributed by atoms with Crippen LogP contribution < -0.4 is 10.6 Å². The first-order valence-electron chi connectivity index (χ1n) is 11.7. The molecule has 0 bridgehead atoms. The molecule has 3 aliphatic rings. The Morgan fingerprint density at radius 2 is 1.90 bits per heavy atom. The first kappa shape index (κ1) is 21.7. The van der Waals surface area contributed by atoms with Gasteiger partial charge in [-0.2, -0.15) is 0 Å². The fraction of sp³-hybridized carbons (Fsp3) is 0.500. The third kappa shape index (κ3) is 4.03. The number of hydrogen-bond donors (Lipinski definition) is 2. The van der Waals surface area contributed by atoms with Crippen LogP contribution in [0, 0.1) is 12.8 Å². The molecule has 1 aliphatic carbocycles. The number of carbonyl (C=O) groups is 1. The van der Waals surface area contributed by atoms with E-state index in [-0.39, 0.29) is 12.5 Å². The highest BCUT2D eigenvalue weighted by Crippen LogP contribution is 2.47. The lowest BCUT2D eigenvalue weighted by Crippen LogP contribution is -2.44. The summed E-state index contributed by atoms with van der Waals surface area (Å²) < 4.78 is 0. The zero-order valence-corrected chi connectivity index (χ0v) is 18.9. The standard InChI is InChI=1S/C26H35N3O2/c1-3-4-11-23-24(25(27)31)20-9-7-10-21(20)26(28-15-13-19(17-30)14-16-28)29(23)22-12-6-5-8-18(22)2/h5-6,8,11-12,19,30H,3-4,7,9-10,13-17H2,1-2H3,(H2,27,31)/b23-11+. The summed E-state index contributed by atoms with van der Waals surface area (Å²) in [6, 6.07) is 8.40. The van der Waals surface area contributed by atoms with Crippen molar-refractivity contribution in [3.8, 4) is 0 Å². The van der Waals surface area contributed by atoms with E-state index in [0.29, 0.717) is 11.5 Å². The summed E-state index contributed by atoms with van der Waals surface area (Å²) in [5.41, 5.74) is 12.4. The van der Waals surface area contributed by atoms with Gasteiger partial charge in [-0.25, -0.2) is 0 Å². The molecule has 4 rings (SSSR count). The van der Waals surface area contributed by atoms with Crippen molar-refractivity contribution in [3.05, 3.63) is 64.1 Å². The van der Waals surface area contributed by atoms with Gasteiger partial charge in [0, 0.05) is 19.7 Å². The van der Waals surface area contributed by atoms with Gasteiger partial charge in [-0.1, -0.05) is 37.6 Å². The van der Waals surface area contributed by atoms with Gasteiger partial charge in [0.05, 0.1) is 17.0 Å². The van der Waals surface area contributed by atoms with Crippen molar-refractivity contribution in [1.29, 1.82) is 0 Å². The Bertz CT molecular complexity index is 936. The SMILES string of the molecule is CCC/C=C1\C(C(N)=O)=C2CCCC2=C(N2CCC(CO)CC2)N1c1ccccc1C. The number of para-hydroxylation sites is 1. The number of carbonyl (C=O) groups excluding carboxylic acids is 1. The molecule has 5 nitrogen and oxygen atoms in total. The predicted octanol–water partition coefficient (Wildman–Crippen LogP) is 4.38. The Balaban J connectivity index is 1.92. The minimum absolute atomic E-state index is 0.264. The second kappa shape index (κ2) is 9.31. The highest BCUT2D eigenvalue weighted by molar-refractivity contribution is 6.01. The predicted molar refractivity (Wildman–Crippen MR) is 125 cm³/mol. The molecule has 2 aliphatic heterocycles. The van der Waals surface area contributed by atoms with E-state index in [1.54, 1.807) is 0 Å². The number of rotatable bonds is 6. The van der Waals surface area contributed by atoms with Gasteiger partial charge in [-0.3, -0.25) is 9.69 Å². The molecule has 5 heteroatoms. The van der Waals surface area contributed by atoms with Crippen molar-refractivity contribution in [2.75, 3.05) is 24.6 Å². The maximum absolute atomic E-state index is 12.7. The Morgan fingerprint density at radius 1 is 1.19 bits per heavy atom. The van der Waals surface area contributed by atoms with Crippen LogP contribution in [0.1, 0.15) is 57.4 Å². The fourth-order valence-corrected chi connectivity index (χ4v) is 5.25. The number of anilines is 1. The van der Waals surface area contributed by atoms with Crippen LogP contribution in [0.4, 0.5) is 5.69 Å². The maximum atomic E-state index is 12.7. The molecule has 2 fully saturated rings. The smallest absolute Gasteiger partial charge is 0.251 e. The summed E-state index contributed by atoms with van der Waals surface area (Å²) in [6.45, 7) is 6.40. The normalized spacial score (nSPS) is 21.3. The van der Waals surface area contributed by atoms with Crippen molar-refractivity contribution in [2.45, 2.75) is 58.8 Å². The van der Waals surface area contributed by atoms with Gasteiger partial charge in [0.1, 0.15) is 5.82 Å². The number of amides is 1. The Morgan fingerprint density at radius 3 is 2.55 bits per heavy atom. The fourth-order valence-electron chi connectivity index (χ4n) is 5.25. The second-order valence-electron chi connectivity index (χ2n) is 8.99. The molecule has 0 atom stereocenters. The second-order valence-corrected chi connectivity index (χ2v) is 8.99. The molecule has 0 radical (unpaired) electrons. The van der Waals surface area contributed by atoms with Gasteiger partial charge >= 0.3 is 0 Å². The Hall–Kier alpha value is -2.53. The molecule has 1 aromatic carbocycles. The number of primary amides is 1. The van der Waals surface area contributed by atoms with Crippen LogP contribution in [-0.4, -0.2) is 35.6 Å². The maximum Gasteiger partial charge on any atom is 0.251 e.